The van der Waals surface area contributed by atoms with E-state index in [2.05, 4.69) is 74.6 Å². The maximum absolute atomic E-state index is 10.4. The zero-order valence-electron chi connectivity index (χ0n) is 13.8. The van der Waals surface area contributed by atoms with Crippen LogP contribution >= 0.6 is 0 Å². The van der Waals surface area contributed by atoms with Crippen molar-refractivity contribution in [2.75, 3.05) is 6.54 Å². The van der Waals surface area contributed by atoms with E-state index in [1.54, 1.807) is 0 Å². The molecule has 0 spiro atoms. The van der Waals surface area contributed by atoms with E-state index in [4.69, 9.17) is 0 Å². The van der Waals surface area contributed by atoms with Crippen LogP contribution in [0.4, 0.5) is 0 Å². The molecule has 2 aromatic rings. The second-order valence-corrected chi connectivity index (χ2v) is 6.89. The van der Waals surface area contributed by atoms with E-state index in [1.165, 1.54) is 11.1 Å². The van der Waals surface area contributed by atoms with Crippen LogP contribution in [0.5, 0.6) is 0 Å². The van der Waals surface area contributed by atoms with E-state index >= 15 is 0 Å². The average Bonchev–Trinajstić information content (AvgIpc) is 2.52. The highest BCUT2D eigenvalue weighted by Crippen LogP contribution is 2.29. The lowest BCUT2D eigenvalue weighted by atomic mass is 9.86. The molecule has 1 unspecified atom stereocenters. The Morgan fingerprint density at radius 1 is 0.864 bits per heavy atom. The lowest BCUT2D eigenvalue weighted by Gasteiger charge is -2.26. The first-order valence-electron chi connectivity index (χ1n) is 7.99. The number of rotatable bonds is 6. The molecule has 0 saturated heterocycles. The van der Waals surface area contributed by atoms with Crippen molar-refractivity contribution in [3.05, 3.63) is 71.8 Å². The van der Waals surface area contributed by atoms with E-state index in [9.17, 15) is 5.11 Å². The monoisotopic (exact) mass is 297 g/mol. The molecule has 0 aromatic heterocycles. The summed E-state index contributed by atoms with van der Waals surface area (Å²) < 4.78 is 0. The maximum atomic E-state index is 10.4. The van der Waals surface area contributed by atoms with Gasteiger partial charge < -0.3 is 10.4 Å². The molecule has 0 aliphatic carbocycles. The Labute approximate surface area is 134 Å². The SMILES string of the molecule is CC(C)(C)NCC(O)CC(c1ccccc1)c1ccccc1. The van der Waals surface area contributed by atoms with Gasteiger partial charge in [-0.25, -0.2) is 0 Å². The molecule has 0 radical (unpaired) electrons. The van der Waals surface area contributed by atoms with E-state index in [-0.39, 0.29) is 17.6 Å². The van der Waals surface area contributed by atoms with Crippen molar-refractivity contribution in [3.63, 3.8) is 0 Å². The summed E-state index contributed by atoms with van der Waals surface area (Å²) in [6, 6.07) is 20.9. The molecule has 0 amide bonds. The van der Waals surface area contributed by atoms with Crippen LogP contribution in [0.3, 0.4) is 0 Å². The van der Waals surface area contributed by atoms with Crippen LogP contribution in [0.15, 0.2) is 60.7 Å². The molecule has 22 heavy (non-hydrogen) atoms. The van der Waals surface area contributed by atoms with Crippen LogP contribution in [0, 0.1) is 0 Å². The fourth-order valence-corrected chi connectivity index (χ4v) is 2.61. The first-order valence-corrected chi connectivity index (χ1v) is 7.99. The van der Waals surface area contributed by atoms with Crippen molar-refractivity contribution in [2.45, 2.75) is 44.8 Å². The Balaban J connectivity index is 2.12. The highest BCUT2D eigenvalue weighted by atomic mass is 16.3. The van der Waals surface area contributed by atoms with E-state index < -0.39 is 0 Å². The summed E-state index contributed by atoms with van der Waals surface area (Å²) in [5.41, 5.74) is 2.53. The number of β-amino-alcohol motifs (C(OH)–C–C–N with tert-alkyl or cyclic N) is 1. The fraction of sp³-hybridized carbons (Fsp3) is 0.400. The summed E-state index contributed by atoms with van der Waals surface area (Å²) in [4.78, 5) is 0. The molecular formula is C20H27NO. The molecule has 2 rings (SSSR count). The summed E-state index contributed by atoms with van der Waals surface area (Å²) in [5, 5.41) is 13.8. The standard InChI is InChI=1S/C20H27NO/c1-20(2,3)21-15-18(22)14-19(16-10-6-4-7-11-16)17-12-8-5-9-13-17/h4-13,18-19,21-22H,14-15H2,1-3H3. The third-order valence-corrected chi connectivity index (χ3v) is 3.78. The van der Waals surface area contributed by atoms with Gasteiger partial charge in [0.2, 0.25) is 0 Å². The van der Waals surface area contributed by atoms with Crippen LogP contribution in [-0.4, -0.2) is 23.3 Å². The van der Waals surface area contributed by atoms with Gasteiger partial charge in [-0.1, -0.05) is 60.7 Å². The molecule has 0 fully saturated rings. The lowest BCUT2D eigenvalue weighted by molar-refractivity contribution is 0.147. The predicted molar refractivity (Wildman–Crippen MR) is 93.1 cm³/mol. The van der Waals surface area contributed by atoms with Gasteiger partial charge in [-0.05, 0) is 38.3 Å². The Morgan fingerprint density at radius 3 is 1.73 bits per heavy atom. The number of nitrogens with one attached hydrogen (secondary N) is 1. The molecule has 0 heterocycles. The predicted octanol–water partition coefficient (Wildman–Crippen LogP) is 3.96. The Kier molecular flexibility index (Phi) is 5.76. The normalized spacial score (nSPS) is 13.3. The smallest absolute Gasteiger partial charge is 0.0673 e. The largest absolute Gasteiger partial charge is 0.392 e. The number of hydrogen-bond acceptors (Lipinski definition) is 2. The molecule has 2 heteroatoms. The van der Waals surface area contributed by atoms with Crippen LogP contribution in [-0.2, 0) is 0 Å². The molecule has 0 aliphatic heterocycles. The summed E-state index contributed by atoms with van der Waals surface area (Å²) >= 11 is 0. The van der Waals surface area contributed by atoms with Crippen LogP contribution in [0.2, 0.25) is 0 Å². The molecule has 2 aromatic carbocycles. The minimum Gasteiger partial charge on any atom is -0.392 e. The minimum atomic E-state index is -0.371. The van der Waals surface area contributed by atoms with Gasteiger partial charge in [0.1, 0.15) is 0 Å². The van der Waals surface area contributed by atoms with Crippen LogP contribution in [0.1, 0.15) is 44.2 Å². The molecule has 2 N–H and O–H groups in total. The second kappa shape index (κ2) is 7.57. The van der Waals surface area contributed by atoms with Crippen molar-refractivity contribution in [1.29, 1.82) is 0 Å². The molecule has 0 aliphatic rings. The van der Waals surface area contributed by atoms with Gasteiger partial charge >= 0.3 is 0 Å². The Morgan fingerprint density at radius 2 is 1.32 bits per heavy atom. The highest BCUT2D eigenvalue weighted by Gasteiger charge is 2.19. The van der Waals surface area contributed by atoms with Crippen LogP contribution in [0.25, 0.3) is 0 Å². The minimum absolute atomic E-state index is 0.0238. The average molecular weight is 297 g/mol. The Bertz CT molecular complexity index is 505. The topological polar surface area (TPSA) is 32.3 Å². The number of benzene rings is 2. The first-order chi connectivity index (χ1) is 10.5. The third kappa shape index (κ3) is 5.28. The van der Waals surface area contributed by atoms with Gasteiger partial charge in [-0.3, -0.25) is 0 Å². The molecular weight excluding hydrogens is 270 g/mol. The highest BCUT2D eigenvalue weighted by molar-refractivity contribution is 5.32. The van der Waals surface area contributed by atoms with Crippen LogP contribution < -0.4 is 5.32 Å². The van der Waals surface area contributed by atoms with Gasteiger partial charge in [-0.2, -0.15) is 0 Å². The quantitative estimate of drug-likeness (QED) is 0.846. The molecule has 1 atom stereocenters. The van der Waals surface area contributed by atoms with Crippen molar-refractivity contribution in [2.24, 2.45) is 0 Å². The second-order valence-electron chi connectivity index (χ2n) is 6.89. The Hall–Kier alpha value is -1.64. The number of aliphatic hydroxyl groups is 1. The molecule has 0 bridgehead atoms. The van der Waals surface area contributed by atoms with Crippen molar-refractivity contribution >= 4 is 0 Å². The summed E-state index contributed by atoms with van der Waals surface area (Å²) in [6.07, 6.45) is 0.349. The summed E-state index contributed by atoms with van der Waals surface area (Å²) in [6.45, 7) is 6.96. The maximum Gasteiger partial charge on any atom is 0.0673 e. The fourth-order valence-electron chi connectivity index (χ4n) is 2.61. The molecule has 118 valence electrons. The van der Waals surface area contributed by atoms with Gasteiger partial charge in [0.05, 0.1) is 6.10 Å². The van der Waals surface area contributed by atoms with Crippen molar-refractivity contribution in [1.82, 2.24) is 5.32 Å². The first kappa shape index (κ1) is 16.7. The number of hydrogen-bond donors (Lipinski definition) is 2. The van der Waals surface area contributed by atoms with E-state index in [1.807, 2.05) is 12.1 Å². The van der Waals surface area contributed by atoms with Gasteiger partial charge in [0.15, 0.2) is 0 Å². The van der Waals surface area contributed by atoms with E-state index in [0.29, 0.717) is 6.54 Å². The van der Waals surface area contributed by atoms with E-state index in [0.717, 1.165) is 6.42 Å². The molecule has 0 saturated carbocycles. The third-order valence-electron chi connectivity index (χ3n) is 3.78. The van der Waals surface area contributed by atoms with Crippen molar-refractivity contribution < 1.29 is 5.11 Å². The molecule has 2 nitrogen and oxygen atoms in total. The zero-order valence-corrected chi connectivity index (χ0v) is 13.8. The lowest BCUT2D eigenvalue weighted by Crippen LogP contribution is -2.41. The zero-order chi connectivity index (χ0) is 16.0. The van der Waals surface area contributed by atoms with Gasteiger partial charge in [0, 0.05) is 18.0 Å². The van der Waals surface area contributed by atoms with Crippen molar-refractivity contribution in [3.8, 4) is 0 Å². The number of aliphatic hydroxyl groups excluding tert-OH is 1. The van der Waals surface area contributed by atoms with Gasteiger partial charge in [0.25, 0.3) is 0 Å². The summed E-state index contributed by atoms with van der Waals surface area (Å²) in [7, 11) is 0. The summed E-state index contributed by atoms with van der Waals surface area (Å²) in [5.74, 6) is 0.221. The van der Waals surface area contributed by atoms with Gasteiger partial charge in [-0.15, -0.1) is 0 Å².